The van der Waals surface area contributed by atoms with Crippen LogP contribution in [0.5, 0.6) is 0 Å². The molecule has 6 nitrogen and oxygen atoms in total. The minimum atomic E-state index is -1.11. The second-order valence-electron chi connectivity index (χ2n) is 2.31. The predicted octanol–water partition coefficient (Wildman–Crippen LogP) is 0.485. The molecule has 2 aromatic heterocycles. The first-order valence-corrected chi connectivity index (χ1v) is 3.76. The van der Waals surface area contributed by atoms with Gasteiger partial charge in [-0.05, 0) is 0 Å². The molecule has 0 bridgehead atoms. The van der Waals surface area contributed by atoms with Crippen LogP contribution in [0.4, 0.5) is 0 Å². The molecule has 0 unspecified atom stereocenters. The van der Waals surface area contributed by atoms with Crippen LogP contribution in [0.3, 0.4) is 0 Å². The van der Waals surface area contributed by atoms with Gasteiger partial charge in [-0.3, -0.25) is 5.10 Å². The van der Waals surface area contributed by atoms with Gasteiger partial charge in [0.25, 0.3) is 5.78 Å². The number of carbonyl (C=O) groups is 1. The summed E-state index contributed by atoms with van der Waals surface area (Å²) in [5.74, 6) is -0.860. The second kappa shape index (κ2) is 2.63. The first-order chi connectivity index (χ1) is 6.18. The molecule has 2 rings (SSSR count). The topological polar surface area (TPSA) is 83.3 Å². The molecule has 0 aliphatic heterocycles. The van der Waals surface area contributed by atoms with Crippen molar-refractivity contribution >= 4 is 24.0 Å². The number of nitrogens with one attached hydrogen (secondary N) is 1. The van der Waals surface area contributed by atoms with Crippen LogP contribution < -0.4 is 0 Å². The summed E-state index contributed by atoms with van der Waals surface area (Å²) in [5, 5.41) is 11.4. The van der Waals surface area contributed by atoms with E-state index in [4.69, 9.17) is 17.3 Å². The Hall–Kier alpha value is -1.76. The highest BCUT2D eigenvalue weighted by molar-refractivity contribution is 7.71. The number of aromatic nitrogens is 4. The Morgan fingerprint density at radius 1 is 1.69 bits per heavy atom. The Morgan fingerprint density at radius 2 is 2.46 bits per heavy atom. The summed E-state index contributed by atoms with van der Waals surface area (Å²) < 4.78 is 1.75. The number of carboxylic acid groups (broad SMARTS) is 1. The monoisotopic (exact) mass is 196 g/mol. The molecule has 0 fully saturated rings. The highest BCUT2D eigenvalue weighted by Gasteiger charge is 2.07. The number of fused-ring (bicyclic) bond motifs is 1. The van der Waals surface area contributed by atoms with E-state index in [2.05, 4.69) is 15.1 Å². The smallest absolute Gasteiger partial charge is 0.354 e. The van der Waals surface area contributed by atoms with Crippen molar-refractivity contribution in [1.82, 2.24) is 19.6 Å². The number of aromatic amines is 1. The van der Waals surface area contributed by atoms with Crippen molar-refractivity contribution in [3.05, 3.63) is 22.7 Å². The van der Waals surface area contributed by atoms with Gasteiger partial charge in [-0.2, -0.15) is 0 Å². The number of hydrogen-bond donors (Lipinski definition) is 2. The molecule has 13 heavy (non-hydrogen) atoms. The molecular formula is C6H4N4O2S. The van der Waals surface area contributed by atoms with Gasteiger partial charge in [0.1, 0.15) is 11.0 Å². The number of rotatable bonds is 1. The summed E-state index contributed by atoms with van der Waals surface area (Å²) in [6, 6.07) is 1.29. The highest BCUT2D eigenvalue weighted by Crippen LogP contribution is 2.00. The van der Waals surface area contributed by atoms with Crippen molar-refractivity contribution in [3.63, 3.8) is 0 Å². The standard InChI is InChI=1S/C6H4N4O2S/c11-5(12)3-1-4(13)10-6(9-3)7-2-8-10/h1-2H,(H,11,12)(H,7,8,9). The van der Waals surface area contributed by atoms with Crippen LogP contribution in [-0.4, -0.2) is 30.7 Å². The Labute approximate surface area is 76.9 Å². The zero-order chi connectivity index (χ0) is 9.42. The van der Waals surface area contributed by atoms with Crippen LogP contribution in [0.2, 0.25) is 0 Å². The van der Waals surface area contributed by atoms with E-state index in [-0.39, 0.29) is 11.5 Å². The lowest BCUT2D eigenvalue weighted by Crippen LogP contribution is -2.03. The maximum Gasteiger partial charge on any atom is 0.354 e. The van der Waals surface area contributed by atoms with Gasteiger partial charge < -0.3 is 5.11 Å². The van der Waals surface area contributed by atoms with Crippen molar-refractivity contribution in [1.29, 1.82) is 0 Å². The summed E-state index contributed by atoms with van der Waals surface area (Å²) in [6.07, 6.45) is 1.39. The highest BCUT2D eigenvalue weighted by atomic mass is 32.1. The van der Waals surface area contributed by atoms with Crippen LogP contribution in [-0.2, 0) is 0 Å². The lowest BCUT2D eigenvalue weighted by atomic mass is 10.4. The molecule has 2 heterocycles. The summed E-state index contributed by atoms with van der Waals surface area (Å²) in [7, 11) is 0. The van der Waals surface area contributed by atoms with E-state index in [0.29, 0.717) is 4.64 Å². The van der Waals surface area contributed by atoms with Crippen molar-refractivity contribution in [2.24, 2.45) is 0 Å². The minimum Gasteiger partial charge on any atom is -0.477 e. The SMILES string of the molecule is O=C(O)c1cc(=S)n2[nH]cnc2n1. The molecule has 2 aromatic rings. The Balaban J connectivity index is 2.85. The molecule has 0 aliphatic rings. The molecule has 0 spiro atoms. The molecule has 0 saturated heterocycles. The van der Waals surface area contributed by atoms with E-state index < -0.39 is 5.97 Å². The molecule has 66 valence electrons. The average molecular weight is 196 g/mol. The van der Waals surface area contributed by atoms with E-state index in [0.717, 1.165) is 0 Å². The van der Waals surface area contributed by atoms with E-state index in [1.54, 1.807) is 0 Å². The normalized spacial score (nSPS) is 10.5. The number of hydrogen-bond acceptors (Lipinski definition) is 4. The summed E-state index contributed by atoms with van der Waals surface area (Å²) in [5.41, 5.74) is -0.0999. The molecule has 0 aliphatic carbocycles. The number of carboxylic acids is 1. The maximum absolute atomic E-state index is 10.6. The van der Waals surface area contributed by atoms with E-state index in [9.17, 15) is 4.79 Å². The van der Waals surface area contributed by atoms with Crippen molar-refractivity contribution in [2.75, 3.05) is 0 Å². The largest absolute Gasteiger partial charge is 0.477 e. The summed E-state index contributed by atoms with van der Waals surface area (Å²) in [4.78, 5) is 18.1. The molecule has 2 N–H and O–H groups in total. The quantitative estimate of drug-likeness (QED) is 0.648. The fourth-order valence-electron chi connectivity index (χ4n) is 0.932. The van der Waals surface area contributed by atoms with Crippen LogP contribution in [0.15, 0.2) is 12.4 Å². The van der Waals surface area contributed by atoms with E-state index in [1.807, 2.05) is 0 Å². The van der Waals surface area contributed by atoms with E-state index >= 15 is 0 Å². The van der Waals surface area contributed by atoms with Gasteiger partial charge in [0.2, 0.25) is 0 Å². The fraction of sp³-hybridized carbons (Fsp3) is 0. The molecule has 0 aromatic carbocycles. The Morgan fingerprint density at radius 3 is 3.15 bits per heavy atom. The molecule has 0 amide bonds. The maximum atomic E-state index is 10.6. The first-order valence-electron chi connectivity index (χ1n) is 3.35. The van der Waals surface area contributed by atoms with Gasteiger partial charge in [-0.15, -0.1) is 0 Å². The third-order valence-corrected chi connectivity index (χ3v) is 1.79. The average Bonchev–Trinajstić information content (AvgIpc) is 2.51. The van der Waals surface area contributed by atoms with Crippen LogP contribution in [0, 0.1) is 4.64 Å². The van der Waals surface area contributed by atoms with Gasteiger partial charge in [0, 0.05) is 6.07 Å². The number of H-pyrrole nitrogens is 1. The third kappa shape index (κ3) is 1.18. The number of nitrogens with zero attached hydrogens (tertiary/aromatic N) is 3. The van der Waals surface area contributed by atoms with Gasteiger partial charge >= 0.3 is 5.97 Å². The van der Waals surface area contributed by atoms with Crippen molar-refractivity contribution in [2.45, 2.75) is 0 Å². The second-order valence-corrected chi connectivity index (χ2v) is 2.73. The Kier molecular flexibility index (Phi) is 1.59. The van der Waals surface area contributed by atoms with E-state index in [1.165, 1.54) is 16.9 Å². The fourth-order valence-corrected chi connectivity index (χ4v) is 1.18. The molecule has 0 saturated carbocycles. The van der Waals surface area contributed by atoms with Crippen LogP contribution >= 0.6 is 12.2 Å². The van der Waals surface area contributed by atoms with Crippen molar-refractivity contribution in [3.8, 4) is 0 Å². The zero-order valence-corrected chi connectivity index (χ0v) is 7.08. The first kappa shape index (κ1) is 7.87. The molecule has 0 radical (unpaired) electrons. The minimum absolute atomic E-state index is 0.0999. The lowest BCUT2D eigenvalue weighted by molar-refractivity contribution is 0.0690. The van der Waals surface area contributed by atoms with Crippen LogP contribution in [0.1, 0.15) is 10.5 Å². The zero-order valence-electron chi connectivity index (χ0n) is 6.26. The van der Waals surface area contributed by atoms with Gasteiger partial charge in [-0.1, -0.05) is 12.2 Å². The predicted molar refractivity (Wildman–Crippen MR) is 45.1 cm³/mol. The van der Waals surface area contributed by atoms with Gasteiger partial charge in [0.15, 0.2) is 5.69 Å². The molecule has 0 atom stereocenters. The lowest BCUT2D eigenvalue weighted by Gasteiger charge is -1.94. The van der Waals surface area contributed by atoms with Gasteiger partial charge in [-0.25, -0.2) is 19.3 Å². The summed E-state index contributed by atoms with van der Waals surface area (Å²) in [6.45, 7) is 0. The third-order valence-electron chi connectivity index (χ3n) is 1.49. The Bertz CT molecular complexity index is 529. The van der Waals surface area contributed by atoms with Crippen LogP contribution in [0.25, 0.3) is 5.78 Å². The van der Waals surface area contributed by atoms with Gasteiger partial charge in [0.05, 0.1) is 0 Å². The number of aromatic carboxylic acids is 1. The molecular weight excluding hydrogens is 192 g/mol. The molecule has 7 heteroatoms. The van der Waals surface area contributed by atoms with Crippen molar-refractivity contribution < 1.29 is 9.90 Å². The summed E-state index contributed by atoms with van der Waals surface area (Å²) >= 11 is 4.90.